The van der Waals surface area contributed by atoms with Crippen molar-refractivity contribution in [2.24, 2.45) is 0 Å². The predicted octanol–water partition coefficient (Wildman–Crippen LogP) is 13.8. The molecule has 66 heavy (non-hydrogen) atoms. The van der Waals surface area contributed by atoms with Crippen molar-refractivity contribution in [3.8, 4) is 56.6 Å². The Hall–Kier alpha value is -9.07. The van der Waals surface area contributed by atoms with Gasteiger partial charge >= 0.3 is 0 Å². The van der Waals surface area contributed by atoms with Crippen LogP contribution in [0.5, 0.6) is 11.5 Å². The van der Waals surface area contributed by atoms with Gasteiger partial charge in [-0.25, -0.2) is 9.97 Å². The lowest BCUT2D eigenvalue weighted by atomic mass is 9.95. The highest BCUT2D eigenvalue weighted by atomic mass is 16.5. The first kappa shape index (κ1) is 28.6. The molecular formula is C59H38N6O. The Balaban J connectivity index is 0.947. The zero-order valence-electron chi connectivity index (χ0n) is 44.8. The molecule has 0 aliphatic heterocycles. The number of aromatic nitrogens is 6. The normalized spacial score (nSPS) is 13.8. The second-order valence-corrected chi connectivity index (χ2v) is 15.7. The molecule has 0 aliphatic rings. The van der Waals surface area contributed by atoms with Crippen molar-refractivity contribution in [3.63, 3.8) is 0 Å². The summed E-state index contributed by atoms with van der Waals surface area (Å²) < 4.78 is 102. The monoisotopic (exact) mass is 856 g/mol. The summed E-state index contributed by atoms with van der Waals surface area (Å²) in [5.74, 6) is 1.76. The van der Waals surface area contributed by atoms with Gasteiger partial charge in [-0.15, -0.1) is 0 Å². The smallest absolute Gasteiger partial charge is 0.269 e. The predicted molar refractivity (Wildman–Crippen MR) is 265 cm³/mol. The van der Waals surface area contributed by atoms with Crippen LogP contribution < -0.4 is 9.30 Å². The number of nitrogens with zero attached hydrogens (tertiary/aromatic N) is 6. The summed E-state index contributed by atoms with van der Waals surface area (Å²) in [6.45, 7) is 0. The molecule has 0 spiro atoms. The lowest BCUT2D eigenvalue weighted by Gasteiger charge is -2.17. The SMILES string of the molecule is [2H]c1c([2H])c([2H])c(-c2cccc(-c3c([2H])c([2H])c([2H])c([2H])c3[2H])c2-[n+]2[c-]n(-c3cccc(Oc4ccc5c6ccccc6n(-c6cc(-n7c8ccccc8c8cccnc87)ccn6)c5c4)c3)c3ccccc32)c([2H])c1[2H]. The Bertz CT molecular complexity index is 4400. The third kappa shape index (κ3) is 6.09. The number of benzene rings is 8. The molecule has 8 aromatic carbocycles. The van der Waals surface area contributed by atoms with E-state index in [-0.39, 0.29) is 27.9 Å². The Morgan fingerprint density at radius 2 is 1.11 bits per heavy atom. The van der Waals surface area contributed by atoms with Crippen molar-refractivity contribution < 1.29 is 23.0 Å². The first-order chi connectivity index (χ1) is 36.9. The van der Waals surface area contributed by atoms with Crippen LogP contribution in [0, 0.1) is 6.33 Å². The van der Waals surface area contributed by atoms with E-state index in [9.17, 15) is 0 Å². The summed E-state index contributed by atoms with van der Waals surface area (Å²) in [6, 6.07) is 44.9. The molecule has 5 heterocycles. The van der Waals surface area contributed by atoms with Crippen molar-refractivity contribution in [1.82, 2.24) is 23.7 Å². The molecule has 0 radical (unpaired) electrons. The Kier molecular flexibility index (Phi) is 6.64. The van der Waals surface area contributed by atoms with Gasteiger partial charge in [-0.2, -0.15) is 0 Å². The van der Waals surface area contributed by atoms with Crippen molar-refractivity contribution in [1.29, 1.82) is 0 Å². The van der Waals surface area contributed by atoms with Crippen molar-refractivity contribution >= 4 is 54.8 Å². The molecule has 0 unspecified atom stereocenters. The van der Waals surface area contributed by atoms with E-state index >= 15 is 0 Å². The van der Waals surface area contributed by atoms with Gasteiger partial charge < -0.3 is 4.74 Å². The fraction of sp³-hybridized carbons (Fsp3) is 0. The van der Waals surface area contributed by atoms with Crippen LogP contribution >= 0.6 is 0 Å². The van der Waals surface area contributed by atoms with E-state index in [1.807, 2.05) is 116 Å². The molecule has 0 aliphatic carbocycles. The van der Waals surface area contributed by atoms with E-state index in [0.717, 1.165) is 49.4 Å². The summed E-state index contributed by atoms with van der Waals surface area (Å²) in [6.07, 6.45) is 7.07. The minimum atomic E-state index is -0.571. The van der Waals surface area contributed by atoms with Gasteiger partial charge in [0.25, 0.3) is 6.33 Å². The minimum Gasteiger partial charge on any atom is -0.458 e. The third-order valence-electron chi connectivity index (χ3n) is 12.0. The highest BCUT2D eigenvalue weighted by molar-refractivity contribution is 6.10. The lowest BCUT2D eigenvalue weighted by molar-refractivity contribution is -0.571. The molecule has 0 bridgehead atoms. The van der Waals surface area contributed by atoms with Crippen LogP contribution in [-0.4, -0.2) is 23.7 Å². The number of rotatable bonds is 8. The van der Waals surface area contributed by atoms with E-state index in [4.69, 9.17) is 28.4 Å². The van der Waals surface area contributed by atoms with Gasteiger partial charge in [-0.3, -0.25) is 18.3 Å². The van der Waals surface area contributed by atoms with Crippen LogP contribution in [-0.2, 0) is 0 Å². The third-order valence-corrected chi connectivity index (χ3v) is 12.0. The zero-order chi connectivity index (χ0) is 52.3. The van der Waals surface area contributed by atoms with Crippen LogP contribution in [0.25, 0.3) is 99.9 Å². The van der Waals surface area contributed by atoms with Crippen LogP contribution in [0.1, 0.15) is 13.7 Å². The van der Waals surface area contributed by atoms with E-state index < -0.39 is 60.4 Å². The molecule has 0 N–H and O–H groups in total. The van der Waals surface area contributed by atoms with Crippen LogP contribution in [0.15, 0.2) is 231 Å². The average Bonchev–Trinajstić information content (AvgIpc) is 4.22. The molecule has 0 saturated heterocycles. The first-order valence-electron chi connectivity index (χ1n) is 26.2. The van der Waals surface area contributed by atoms with E-state index in [2.05, 4.69) is 51.9 Å². The van der Waals surface area contributed by atoms with Crippen LogP contribution in [0.3, 0.4) is 0 Å². The van der Waals surface area contributed by atoms with Crippen molar-refractivity contribution in [2.45, 2.75) is 0 Å². The zero-order valence-corrected chi connectivity index (χ0v) is 34.8. The Morgan fingerprint density at radius 1 is 0.470 bits per heavy atom. The van der Waals surface area contributed by atoms with E-state index in [0.29, 0.717) is 34.0 Å². The molecule has 7 nitrogen and oxygen atoms in total. The Morgan fingerprint density at radius 3 is 1.88 bits per heavy atom. The van der Waals surface area contributed by atoms with Gasteiger partial charge in [0.2, 0.25) is 0 Å². The number of pyridine rings is 2. The number of para-hydroxylation sites is 5. The van der Waals surface area contributed by atoms with Crippen molar-refractivity contribution in [3.05, 3.63) is 237 Å². The molecule has 7 heteroatoms. The van der Waals surface area contributed by atoms with Crippen LogP contribution in [0.2, 0.25) is 0 Å². The molecule has 5 aromatic heterocycles. The van der Waals surface area contributed by atoms with Crippen LogP contribution in [0.4, 0.5) is 0 Å². The average molecular weight is 857 g/mol. The van der Waals surface area contributed by atoms with Gasteiger partial charge in [-0.05, 0) is 82.9 Å². The summed E-state index contributed by atoms with van der Waals surface area (Å²) in [5, 5.41) is 4.21. The molecule has 310 valence electrons. The summed E-state index contributed by atoms with van der Waals surface area (Å²) in [5.41, 5.74) is 6.64. The topological polar surface area (TPSA) is 53.7 Å². The molecule has 0 saturated carbocycles. The van der Waals surface area contributed by atoms with Gasteiger partial charge in [-0.1, -0.05) is 145 Å². The highest BCUT2D eigenvalue weighted by Crippen LogP contribution is 2.38. The lowest BCUT2D eigenvalue weighted by Crippen LogP contribution is -2.31. The van der Waals surface area contributed by atoms with Gasteiger partial charge in [0.05, 0.1) is 58.4 Å². The van der Waals surface area contributed by atoms with Gasteiger partial charge in [0.15, 0.2) is 0 Å². The summed E-state index contributed by atoms with van der Waals surface area (Å²) in [7, 11) is 0. The standard InChI is InChI=1S/C59H38N6O/c1-3-16-40(17-4-1)46-24-14-25-47(41-18-5-2-6-19-41)58(46)63-39-62(54-29-11-12-30-55(54)63)42-20-13-21-44(36-42)66-45-31-32-50-48-22-7-10-28-53(48)65(56(50)38-45)57-37-43(33-35-60-57)64-52-27-9-8-23-49(52)51-26-15-34-61-59(51)64/h1-38H/i1D,2D,3D,4D,5D,6D,16D,17D,18D,19D. The summed E-state index contributed by atoms with van der Waals surface area (Å²) >= 11 is 0. The molecule has 0 amide bonds. The van der Waals surface area contributed by atoms with Gasteiger partial charge in [0.1, 0.15) is 23.0 Å². The maximum Gasteiger partial charge on any atom is 0.269 e. The molecular weight excluding hydrogens is 809 g/mol. The number of hydrogen-bond acceptors (Lipinski definition) is 3. The molecule has 13 aromatic rings. The first-order valence-corrected chi connectivity index (χ1v) is 21.2. The molecule has 0 atom stereocenters. The maximum absolute atomic E-state index is 9.04. The largest absolute Gasteiger partial charge is 0.458 e. The fourth-order valence-electron chi connectivity index (χ4n) is 9.18. The Labute approximate surface area is 394 Å². The summed E-state index contributed by atoms with van der Waals surface area (Å²) in [4.78, 5) is 9.75. The number of ether oxygens (including phenoxy) is 1. The van der Waals surface area contributed by atoms with E-state index in [1.54, 1.807) is 27.3 Å². The highest BCUT2D eigenvalue weighted by Gasteiger charge is 2.21. The van der Waals surface area contributed by atoms with E-state index in [1.165, 1.54) is 0 Å². The quantitative estimate of drug-likeness (QED) is 0.113. The maximum atomic E-state index is 9.04. The number of hydrogen-bond donors (Lipinski definition) is 0. The second kappa shape index (κ2) is 15.3. The second-order valence-electron chi connectivity index (χ2n) is 15.7. The number of fused-ring (bicyclic) bond motifs is 7. The fourth-order valence-corrected chi connectivity index (χ4v) is 9.18. The number of imidazole rings is 1. The molecule has 13 rings (SSSR count). The molecule has 0 fully saturated rings. The minimum absolute atomic E-state index is 0.136. The van der Waals surface area contributed by atoms with Crippen molar-refractivity contribution in [2.75, 3.05) is 0 Å². The van der Waals surface area contributed by atoms with Gasteiger partial charge in [0, 0.05) is 46.1 Å².